The monoisotopic (exact) mass is 620 g/mol. The number of halogens is 3. The first-order chi connectivity index (χ1) is 21.2. The molecule has 0 bridgehead atoms. The topological polar surface area (TPSA) is 80.1 Å². The first kappa shape index (κ1) is 28.8. The molecule has 1 aromatic heterocycles. The van der Waals surface area contributed by atoms with Crippen molar-refractivity contribution in [1.29, 1.82) is 0 Å². The second-order valence-corrected chi connectivity index (χ2v) is 12.0. The van der Waals surface area contributed by atoms with Crippen LogP contribution >= 0.6 is 11.6 Å². The Hall–Kier alpha value is -3.99. The van der Waals surface area contributed by atoms with Crippen molar-refractivity contribution >= 4 is 40.1 Å². The van der Waals surface area contributed by atoms with Crippen LogP contribution in [0.2, 0.25) is 5.02 Å². The van der Waals surface area contributed by atoms with Gasteiger partial charge in [-0.3, -0.25) is 4.90 Å². The number of para-hydroxylation sites is 1. The first-order valence-electron chi connectivity index (χ1n) is 14.7. The van der Waals surface area contributed by atoms with Gasteiger partial charge in [-0.25, -0.2) is 18.6 Å². The number of anilines is 1. The van der Waals surface area contributed by atoms with E-state index in [0.29, 0.717) is 44.0 Å². The number of aromatic nitrogens is 2. The van der Waals surface area contributed by atoms with Gasteiger partial charge in [0, 0.05) is 42.9 Å². The number of carboxylic acid groups (broad SMARTS) is 1. The van der Waals surface area contributed by atoms with Gasteiger partial charge in [-0.2, -0.15) is 0 Å². The largest absolute Gasteiger partial charge is 0.478 e. The fourth-order valence-corrected chi connectivity index (χ4v) is 6.41. The highest BCUT2D eigenvalue weighted by Crippen LogP contribution is 2.45. The van der Waals surface area contributed by atoms with Crippen molar-refractivity contribution in [3.05, 3.63) is 94.0 Å². The average molecular weight is 621 g/mol. The van der Waals surface area contributed by atoms with Crippen molar-refractivity contribution in [1.82, 2.24) is 14.5 Å². The number of fused-ring (bicyclic) bond motifs is 2. The minimum absolute atomic E-state index is 0.0813. The normalized spacial score (nSPS) is 21.9. The van der Waals surface area contributed by atoms with Crippen LogP contribution in [0.25, 0.3) is 16.9 Å². The van der Waals surface area contributed by atoms with Gasteiger partial charge < -0.3 is 24.0 Å². The fourth-order valence-electron chi connectivity index (χ4n) is 6.25. The van der Waals surface area contributed by atoms with Crippen LogP contribution in [0.5, 0.6) is 5.75 Å². The Bertz CT molecular complexity index is 1790. The van der Waals surface area contributed by atoms with Gasteiger partial charge in [0.25, 0.3) is 0 Å². The van der Waals surface area contributed by atoms with E-state index in [4.69, 9.17) is 26.1 Å². The maximum atomic E-state index is 15.3. The molecule has 11 heteroatoms. The summed E-state index contributed by atoms with van der Waals surface area (Å²) in [4.78, 5) is 21.1. The van der Waals surface area contributed by atoms with Gasteiger partial charge in [0.1, 0.15) is 23.6 Å². The third kappa shape index (κ3) is 5.31. The van der Waals surface area contributed by atoms with Gasteiger partial charge >= 0.3 is 5.97 Å². The molecule has 0 radical (unpaired) electrons. The molecule has 228 valence electrons. The van der Waals surface area contributed by atoms with Crippen LogP contribution < -0.4 is 9.64 Å². The van der Waals surface area contributed by atoms with E-state index in [9.17, 15) is 14.3 Å². The lowest BCUT2D eigenvalue weighted by atomic mass is 10.0. The molecule has 7 rings (SSSR count). The van der Waals surface area contributed by atoms with Crippen LogP contribution in [-0.2, 0) is 17.8 Å². The smallest absolute Gasteiger partial charge is 0.335 e. The molecule has 4 heterocycles. The zero-order valence-corrected chi connectivity index (χ0v) is 24.8. The highest BCUT2D eigenvalue weighted by molar-refractivity contribution is 6.30. The van der Waals surface area contributed by atoms with Crippen molar-refractivity contribution in [2.75, 3.05) is 31.1 Å². The quantitative estimate of drug-likeness (QED) is 0.254. The van der Waals surface area contributed by atoms with Crippen molar-refractivity contribution in [3.8, 4) is 5.75 Å². The van der Waals surface area contributed by atoms with Crippen LogP contribution in [0.4, 0.5) is 14.5 Å². The SMILES string of the molecule is C[C@H]1CN(c2cccc3c2O[C@@H](c2ccc(Cl)cc2F)C=C3F)CCN1Cc1nc2ccc(C(=O)O)cc2n1C[C@@H]1CCO1. The molecular formula is C33H31ClF2N4O4. The summed E-state index contributed by atoms with van der Waals surface area (Å²) < 4.78 is 44.1. The summed E-state index contributed by atoms with van der Waals surface area (Å²) in [6.45, 7) is 6.09. The van der Waals surface area contributed by atoms with Gasteiger partial charge in [0.2, 0.25) is 0 Å². The molecule has 3 aromatic carbocycles. The van der Waals surface area contributed by atoms with Crippen LogP contribution in [0.3, 0.4) is 0 Å². The van der Waals surface area contributed by atoms with Gasteiger partial charge in [-0.15, -0.1) is 0 Å². The van der Waals surface area contributed by atoms with Crippen molar-refractivity contribution in [2.24, 2.45) is 0 Å². The van der Waals surface area contributed by atoms with E-state index in [1.165, 1.54) is 18.2 Å². The molecule has 0 aliphatic carbocycles. The van der Waals surface area contributed by atoms with Gasteiger partial charge in [-0.1, -0.05) is 23.7 Å². The first-order valence-corrected chi connectivity index (χ1v) is 15.1. The van der Waals surface area contributed by atoms with E-state index >= 15 is 4.39 Å². The Morgan fingerprint density at radius 1 is 1.14 bits per heavy atom. The van der Waals surface area contributed by atoms with Crippen molar-refractivity contribution < 1.29 is 28.2 Å². The lowest BCUT2D eigenvalue weighted by Gasteiger charge is -2.42. The second kappa shape index (κ2) is 11.5. The Morgan fingerprint density at radius 3 is 2.70 bits per heavy atom. The lowest BCUT2D eigenvalue weighted by Crippen LogP contribution is -2.52. The van der Waals surface area contributed by atoms with Crippen LogP contribution in [-0.4, -0.2) is 63.9 Å². The molecule has 8 nitrogen and oxygen atoms in total. The Labute approximate surface area is 258 Å². The number of hydrogen-bond donors (Lipinski definition) is 1. The average Bonchev–Trinajstić information content (AvgIpc) is 3.31. The maximum Gasteiger partial charge on any atom is 0.335 e. The summed E-state index contributed by atoms with van der Waals surface area (Å²) in [6, 6.07) is 14.8. The van der Waals surface area contributed by atoms with Gasteiger partial charge in [0.15, 0.2) is 5.75 Å². The Balaban J connectivity index is 1.12. The molecule has 44 heavy (non-hydrogen) atoms. The van der Waals surface area contributed by atoms with Crippen LogP contribution in [0.15, 0.2) is 60.7 Å². The Morgan fingerprint density at radius 2 is 1.98 bits per heavy atom. The molecule has 2 saturated heterocycles. The summed E-state index contributed by atoms with van der Waals surface area (Å²) in [5, 5.41) is 9.82. The molecule has 4 aromatic rings. The summed E-state index contributed by atoms with van der Waals surface area (Å²) in [5.41, 5.74) is 3.08. The number of nitrogens with zero attached hydrogens (tertiary/aromatic N) is 4. The van der Waals surface area contributed by atoms with Crippen LogP contribution in [0, 0.1) is 5.82 Å². The highest BCUT2D eigenvalue weighted by Gasteiger charge is 2.32. The number of ether oxygens (including phenoxy) is 2. The molecule has 2 fully saturated rings. The summed E-state index contributed by atoms with van der Waals surface area (Å²) in [5.74, 6) is -0.732. The minimum atomic E-state index is -0.974. The number of carbonyl (C=O) groups is 1. The zero-order chi connectivity index (χ0) is 30.5. The van der Waals surface area contributed by atoms with Crippen molar-refractivity contribution in [2.45, 2.75) is 44.7 Å². The molecule has 1 N–H and O–H groups in total. The van der Waals surface area contributed by atoms with Crippen LogP contribution in [0.1, 0.15) is 46.8 Å². The fraction of sp³-hybridized carbons (Fsp3) is 0.333. The minimum Gasteiger partial charge on any atom is -0.478 e. The van der Waals surface area contributed by atoms with E-state index in [2.05, 4.69) is 21.3 Å². The zero-order valence-electron chi connectivity index (χ0n) is 24.1. The highest BCUT2D eigenvalue weighted by atomic mass is 35.5. The predicted octanol–water partition coefficient (Wildman–Crippen LogP) is 6.47. The number of imidazole rings is 1. The summed E-state index contributed by atoms with van der Waals surface area (Å²) in [7, 11) is 0. The summed E-state index contributed by atoms with van der Waals surface area (Å²) in [6.07, 6.45) is 1.41. The molecule has 0 amide bonds. The molecule has 0 spiro atoms. The number of piperazine rings is 1. The van der Waals surface area contributed by atoms with E-state index in [-0.39, 0.29) is 28.3 Å². The number of carboxylic acids is 1. The second-order valence-electron chi connectivity index (χ2n) is 11.6. The lowest BCUT2D eigenvalue weighted by molar-refractivity contribution is -0.0592. The van der Waals surface area contributed by atoms with Crippen molar-refractivity contribution in [3.63, 3.8) is 0 Å². The third-order valence-corrected chi connectivity index (χ3v) is 9.00. The molecule has 3 atom stereocenters. The molecular weight excluding hydrogens is 590 g/mol. The Kier molecular flexibility index (Phi) is 7.52. The molecule has 3 aliphatic heterocycles. The number of benzene rings is 3. The summed E-state index contributed by atoms with van der Waals surface area (Å²) >= 11 is 5.93. The van der Waals surface area contributed by atoms with Gasteiger partial charge in [-0.05, 0) is 61.9 Å². The molecule has 0 unspecified atom stereocenters. The standard InChI is InChI=1S/C33H31ClF2N4O4/c1-19-16-39(28-4-2-3-24-26(36)15-30(44-32(24)28)23-7-6-21(34)14-25(23)35)11-10-38(19)18-31-37-27-8-5-20(33(41)42)13-29(27)40(31)17-22-9-12-43-22/h2-8,13-15,19,22,30H,9-12,16-18H2,1H3,(H,41,42)/t19-,22-,30+/m0/s1. The number of hydrogen-bond acceptors (Lipinski definition) is 6. The molecule has 3 aliphatic rings. The predicted molar refractivity (Wildman–Crippen MR) is 163 cm³/mol. The number of rotatable bonds is 7. The number of aromatic carboxylic acids is 1. The van der Waals surface area contributed by atoms with E-state index < -0.39 is 23.7 Å². The van der Waals surface area contributed by atoms with E-state index in [1.54, 1.807) is 36.4 Å². The van der Waals surface area contributed by atoms with Gasteiger partial charge in [0.05, 0.1) is 47.0 Å². The molecule has 0 saturated carbocycles. The third-order valence-electron chi connectivity index (χ3n) is 8.77. The van der Waals surface area contributed by atoms with E-state index in [1.807, 2.05) is 6.07 Å². The van der Waals surface area contributed by atoms with E-state index in [0.717, 1.165) is 35.6 Å². The maximum absolute atomic E-state index is 15.3.